The van der Waals surface area contributed by atoms with E-state index in [-0.39, 0.29) is 23.3 Å². The summed E-state index contributed by atoms with van der Waals surface area (Å²) in [4.78, 5) is 27.4. The van der Waals surface area contributed by atoms with Crippen LogP contribution in [0.5, 0.6) is 0 Å². The Kier molecular flexibility index (Phi) is 4.16. The Bertz CT molecular complexity index is 531. The summed E-state index contributed by atoms with van der Waals surface area (Å²) in [6, 6.07) is 0.779. The molecule has 0 saturated heterocycles. The number of rotatable bonds is 5. The standard InChI is InChI=1S/C13H17FN4O2/c1-7(12(19)18-8-3-4-8)17-13(20)9-5-6-16-11(15-2)10(9)14/h5-8H,3-4H2,1-2H3,(H,15,16)(H,17,20)(H,18,19). The van der Waals surface area contributed by atoms with Crippen LogP contribution in [0.15, 0.2) is 12.3 Å². The van der Waals surface area contributed by atoms with Crippen LogP contribution in [0, 0.1) is 5.82 Å². The lowest BCUT2D eigenvalue weighted by atomic mass is 10.2. The van der Waals surface area contributed by atoms with Crippen molar-refractivity contribution in [2.75, 3.05) is 12.4 Å². The van der Waals surface area contributed by atoms with Crippen molar-refractivity contribution >= 4 is 17.6 Å². The molecule has 1 unspecified atom stereocenters. The summed E-state index contributed by atoms with van der Waals surface area (Å²) in [7, 11) is 1.51. The Morgan fingerprint density at radius 2 is 2.15 bits per heavy atom. The molecule has 3 N–H and O–H groups in total. The van der Waals surface area contributed by atoms with Gasteiger partial charge in [0.15, 0.2) is 11.6 Å². The molecule has 0 bridgehead atoms. The van der Waals surface area contributed by atoms with Crippen LogP contribution < -0.4 is 16.0 Å². The highest BCUT2D eigenvalue weighted by Gasteiger charge is 2.27. The van der Waals surface area contributed by atoms with E-state index in [2.05, 4.69) is 20.9 Å². The molecule has 0 radical (unpaired) electrons. The normalized spacial score (nSPS) is 15.3. The second kappa shape index (κ2) is 5.85. The Balaban J connectivity index is 2.02. The minimum absolute atomic E-state index is 0.00673. The summed E-state index contributed by atoms with van der Waals surface area (Å²) in [5.41, 5.74) is -0.143. The maximum Gasteiger partial charge on any atom is 0.255 e. The highest BCUT2D eigenvalue weighted by molar-refractivity contribution is 5.98. The summed E-state index contributed by atoms with van der Waals surface area (Å²) in [5.74, 6) is -1.64. The summed E-state index contributed by atoms with van der Waals surface area (Å²) < 4.78 is 13.9. The molecule has 0 aliphatic heterocycles. The highest BCUT2D eigenvalue weighted by Crippen LogP contribution is 2.18. The zero-order chi connectivity index (χ0) is 14.7. The fourth-order valence-corrected chi connectivity index (χ4v) is 1.69. The molecule has 7 heteroatoms. The highest BCUT2D eigenvalue weighted by atomic mass is 19.1. The number of nitrogens with one attached hydrogen (secondary N) is 3. The van der Waals surface area contributed by atoms with Gasteiger partial charge in [-0.2, -0.15) is 0 Å². The van der Waals surface area contributed by atoms with E-state index in [1.54, 1.807) is 6.92 Å². The predicted octanol–water partition coefficient (Wildman–Crippen LogP) is 0.659. The molecule has 2 rings (SSSR count). The minimum atomic E-state index is -0.734. The van der Waals surface area contributed by atoms with Crippen molar-refractivity contribution in [3.05, 3.63) is 23.6 Å². The lowest BCUT2D eigenvalue weighted by Crippen LogP contribution is -2.45. The van der Waals surface area contributed by atoms with E-state index in [1.165, 1.54) is 19.3 Å². The lowest BCUT2D eigenvalue weighted by molar-refractivity contribution is -0.122. The van der Waals surface area contributed by atoms with Crippen LogP contribution in [0.25, 0.3) is 0 Å². The Morgan fingerprint density at radius 1 is 1.45 bits per heavy atom. The van der Waals surface area contributed by atoms with Gasteiger partial charge in [0.05, 0.1) is 5.56 Å². The van der Waals surface area contributed by atoms with Crippen LogP contribution in [0.3, 0.4) is 0 Å². The molecule has 1 aromatic rings. The van der Waals surface area contributed by atoms with Crippen LogP contribution in [-0.2, 0) is 4.79 Å². The number of carbonyl (C=O) groups excluding carboxylic acids is 2. The Labute approximate surface area is 116 Å². The largest absolute Gasteiger partial charge is 0.371 e. The number of pyridine rings is 1. The van der Waals surface area contributed by atoms with Crippen molar-refractivity contribution in [3.63, 3.8) is 0 Å². The SMILES string of the molecule is CNc1nccc(C(=O)NC(C)C(=O)NC2CC2)c1F. The van der Waals surface area contributed by atoms with Crippen LogP contribution >= 0.6 is 0 Å². The average Bonchev–Trinajstić information content (AvgIpc) is 3.22. The zero-order valence-corrected chi connectivity index (χ0v) is 11.4. The van der Waals surface area contributed by atoms with Crippen molar-refractivity contribution in [3.8, 4) is 0 Å². The quantitative estimate of drug-likeness (QED) is 0.740. The van der Waals surface area contributed by atoms with Crippen molar-refractivity contribution < 1.29 is 14.0 Å². The topological polar surface area (TPSA) is 83.1 Å². The number of nitrogens with zero attached hydrogens (tertiary/aromatic N) is 1. The van der Waals surface area contributed by atoms with Gasteiger partial charge >= 0.3 is 0 Å². The number of aromatic nitrogens is 1. The number of hydrogen-bond acceptors (Lipinski definition) is 4. The van der Waals surface area contributed by atoms with E-state index >= 15 is 0 Å². The lowest BCUT2D eigenvalue weighted by Gasteiger charge is -2.14. The van der Waals surface area contributed by atoms with Gasteiger partial charge in [0.25, 0.3) is 5.91 Å². The molecule has 0 spiro atoms. The first kappa shape index (κ1) is 14.2. The zero-order valence-electron chi connectivity index (χ0n) is 11.4. The van der Waals surface area contributed by atoms with E-state index in [0.717, 1.165) is 12.8 Å². The number of hydrogen-bond donors (Lipinski definition) is 3. The summed E-state index contributed by atoms with van der Waals surface area (Å²) in [6.07, 6.45) is 3.27. The summed E-state index contributed by atoms with van der Waals surface area (Å²) in [5, 5.41) is 7.81. The van der Waals surface area contributed by atoms with E-state index in [9.17, 15) is 14.0 Å². The third kappa shape index (κ3) is 3.23. The third-order valence-electron chi connectivity index (χ3n) is 3.04. The predicted molar refractivity (Wildman–Crippen MR) is 71.8 cm³/mol. The van der Waals surface area contributed by atoms with Gasteiger partial charge in [0.2, 0.25) is 5.91 Å². The monoisotopic (exact) mass is 280 g/mol. The molecular formula is C13H17FN4O2. The van der Waals surface area contributed by atoms with Gasteiger partial charge in [0, 0.05) is 19.3 Å². The van der Waals surface area contributed by atoms with Crippen molar-refractivity contribution in [2.24, 2.45) is 0 Å². The second-order valence-corrected chi connectivity index (χ2v) is 4.75. The molecule has 1 aliphatic rings. The molecule has 0 aromatic carbocycles. The molecule has 1 fully saturated rings. The van der Waals surface area contributed by atoms with Gasteiger partial charge < -0.3 is 16.0 Å². The first-order chi connectivity index (χ1) is 9.52. The maximum absolute atomic E-state index is 13.9. The van der Waals surface area contributed by atoms with Gasteiger partial charge in [-0.25, -0.2) is 9.37 Å². The number of anilines is 1. The fourth-order valence-electron chi connectivity index (χ4n) is 1.69. The molecule has 108 valence electrons. The van der Waals surface area contributed by atoms with Crippen LogP contribution in [0.4, 0.5) is 10.2 Å². The molecule has 20 heavy (non-hydrogen) atoms. The smallest absolute Gasteiger partial charge is 0.255 e. The van der Waals surface area contributed by atoms with Crippen LogP contribution in [-0.4, -0.2) is 35.9 Å². The summed E-state index contributed by atoms with van der Waals surface area (Å²) in [6.45, 7) is 1.56. The van der Waals surface area contributed by atoms with Gasteiger partial charge in [0.1, 0.15) is 6.04 Å². The average molecular weight is 280 g/mol. The molecular weight excluding hydrogens is 263 g/mol. The van der Waals surface area contributed by atoms with E-state index in [0.29, 0.717) is 0 Å². The first-order valence-corrected chi connectivity index (χ1v) is 6.46. The second-order valence-electron chi connectivity index (χ2n) is 4.75. The third-order valence-corrected chi connectivity index (χ3v) is 3.04. The number of amides is 2. The van der Waals surface area contributed by atoms with Crippen molar-refractivity contribution in [1.82, 2.24) is 15.6 Å². The molecule has 1 aliphatic carbocycles. The maximum atomic E-state index is 13.9. The van der Waals surface area contributed by atoms with Crippen LogP contribution in [0.2, 0.25) is 0 Å². The van der Waals surface area contributed by atoms with Crippen molar-refractivity contribution in [2.45, 2.75) is 31.8 Å². The Morgan fingerprint density at radius 3 is 2.75 bits per heavy atom. The van der Waals surface area contributed by atoms with Gasteiger partial charge in [-0.15, -0.1) is 0 Å². The van der Waals surface area contributed by atoms with E-state index < -0.39 is 17.8 Å². The Hall–Kier alpha value is -2.18. The fraction of sp³-hybridized carbons (Fsp3) is 0.462. The molecule has 6 nitrogen and oxygen atoms in total. The molecule has 1 aromatic heterocycles. The van der Waals surface area contributed by atoms with Crippen molar-refractivity contribution in [1.29, 1.82) is 0 Å². The number of halogens is 1. The molecule has 1 saturated carbocycles. The molecule has 2 amide bonds. The van der Waals surface area contributed by atoms with Gasteiger partial charge in [-0.1, -0.05) is 0 Å². The van der Waals surface area contributed by atoms with Crippen LogP contribution in [0.1, 0.15) is 30.1 Å². The van der Waals surface area contributed by atoms with E-state index in [4.69, 9.17) is 0 Å². The van der Waals surface area contributed by atoms with Gasteiger partial charge in [-0.3, -0.25) is 9.59 Å². The molecule has 1 atom stereocenters. The van der Waals surface area contributed by atoms with Gasteiger partial charge in [-0.05, 0) is 25.8 Å². The number of carbonyl (C=O) groups is 2. The van der Waals surface area contributed by atoms with E-state index in [1.807, 2.05) is 0 Å². The minimum Gasteiger partial charge on any atom is -0.371 e. The first-order valence-electron chi connectivity index (χ1n) is 6.46. The molecule has 1 heterocycles. The summed E-state index contributed by atoms with van der Waals surface area (Å²) >= 11 is 0.